The van der Waals surface area contributed by atoms with Gasteiger partial charge in [0.05, 0.1) is 0 Å². The molecule has 1 aromatic rings. The molecule has 1 fully saturated rings. The van der Waals surface area contributed by atoms with Gasteiger partial charge in [0.15, 0.2) is 12.4 Å². The molecule has 9 nitrogen and oxygen atoms in total. The van der Waals surface area contributed by atoms with Crippen molar-refractivity contribution in [3.8, 4) is 0 Å². The summed E-state index contributed by atoms with van der Waals surface area (Å²) in [5.74, 6) is -0.985. The first kappa shape index (κ1) is 19.4. The largest absolute Gasteiger partial charge is 0.454 e. The topological polar surface area (TPSA) is 119 Å². The van der Waals surface area contributed by atoms with Gasteiger partial charge in [0.25, 0.3) is 5.91 Å². The second kappa shape index (κ2) is 7.52. The van der Waals surface area contributed by atoms with E-state index in [0.717, 1.165) is 4.31 Å². The Morgan fingerprint density at radius 3 is 2.64 bits per heavy atom. The van der Waals surface area contributed by atoms with Gasteiger partial charge in [0.1, 0.15) is 16.6 Å². The van der Waals surface area contributed by atoms with Crippen molar-refractivity contribution >= 4 is 21.9 Å². The first-order valence-electron chi connectivity index (χ1n) is 8.05. The van der Waals surface area contributed by atoms with Gasteiger partial charge in [-0.2, -0.15) is 4.31 Å². The summed E-state index contributed by atoms with van der Waals surface area (Å²) in [6, 6.07) is -1.03. The fourth-order valence-electron chi connectivity index (χ4n) is 2.82. The zero-order chi connectivity index (χ0) is 18.8. The Morgan fingerprint density at radius 2 is 2.08 bits per heavy atom. The average Bonchev–Trinajstić information content (AvgIpc) is 3.11. The highest BCUT2D eigenvalue weighted by molar-refractivity contribution is 7.89. The number of aryl methyl sites for hydroxylation is 2. The predicted octanol–water partition coefficient (Wildman–Crippen LogP) is 0.512. The smallest absolute Gasteiger partial charge is 0.324 e. The Bertz CT molecular complexity index is 736. The van der Waals surface area contributed by atoms with Crippen LogP contribution >= 0.6 is 0 Å². The summed E-state index contributed by atoms with van der Waals surface area (Å²) >= 11 is 0. The fourth-order valence-corrected chi connectivity index (χ4v) is 4.76. The van der Waals surface area contributed by atoms with Crippen molar-refractivity contribution in [3.63, 3.8) is 0 Å². The third-order valence-corrected chi connectivity index (χ3v) is 5.96. The predicted molar refractivity (Wildman–Crippen MR) is 87.1 cm³/mol. The maximum absolute atomic E-state index is 12.9. The quantitative estimate of drug-likeness (QED) is 0.722. The van der Waals surface area contributed by atoms with Gasteiger partial charge in [-0.15, -0.1) is 0 Å². The first-order valence-corrected chi connectivity index (χ1v) is 9.49. The highest BCUT2D eigenvalue weighted by Crippen LogP contribution is 2.30. The number of aromatic nitrogens is 1. The number of carbonyl (C=O) groups is 2. The molecule has 0 radical (unpaired) electrons. The van der Waals surface area contributed by atoms with E-state index >= 15 is 0 Å². The molecule has 1 aliphatic rings. The number of esters is 1. The van der Waals surface area contributed by atoms with E-state index in [-0.39, 0.29) is 28.9 Å². The summed E-state index contributed by atoms with van der Waals surface area (Å²) in [5, 5.41) is 6.26. The fraction of sp³-hybridized carbons (Fsp3) is 0.667. The van der Waals surface area contributed by atoms with Gasteiger partial charge in [-0.1, -0.05) is 5.16 Å². The highest BCUT2D eigenvalue weighted by Gasteiger charge is 2.42. The normalized spacial score (nSPS) is 18.5. The van der Waals surface area contributed by atoms with Crippen LogP contribution in [0.15, 0.2) is 9.42 Å². The molecule has 1 aliphatic heterocycles. The number of hydrogen-bond acceptors (Lipinski definition) is 7. The number of sulfonamides is 1. The first-order chi connectivity index (χ1) is 11.6. The summed E-state index contributed by atoms with van der Waals surface area (Å²) in [7, 11) is -3.93. The second-order valence-corrected chi connectivity index (χ2v) is 8.08. The van der Waals surface area contributed by atoms with Crippen molar-refractivity contribution in [2.45, 2.75) is 57.5 Å². The molecule has 10 heteroatoms. The van der Waals surface area contributed by atoms with Crippen molar-refractivity contribution in [1.29, 1.82) is 0 Å². The lowest BCUT2D eigenvalue weighted by molar-refractivity contribution is -0.151. The lowest BCUT2D eigenvalue weighted by Gasteiger charge is -2.22. The number of nitrogens with one attached hydrogen (secondary N) is 1. The van der Waals surface area contributed by atoms with E-state index < -0.39 is 34.5 Å². The molecule has 0 unspecified atom stereocenters. The van der Waals surface area contributed by atoms with Crippen LogP contribution in [-0.2, 0) is 24.3 Å². The van der Waals surface area contributed by atoms with Crippen LogP contribution in [-0.4, -0.2) is 55.0 Å². The van der Waals surface area contributed by atoms with E-state index in [0.29, 0.717) is 12.8 Å². The van der Waals surface area contributed by atoms with E-state index in [4.69, 9.17) is 9.26 Å². The Kier molecular flexibility index (Phi) is 5.83. The highest BCUT2D eigenvalue weighted by atomic mass is 32.2. The van der Waals surface area contributed by atoms with Crippen LogP contribution in [0.3, 0.4) is 0 Å². The molecule has 0 bridgehead atoms. The number of carbonyl (C=O) groups excluding carboxylic acids is 2. The lowest BCUT2D eigenvalue weighted by Crippen LogP contribution is -2.43. The molecule has 140 valence electrons. The van der Waals surface area contributed by atoms with Crippen LogP contribution in [0.4, 0.5) is 0 Å². The number of amides is 1. The Hall–Kier alpha value is -1.94. The number of nitrogens with zero attached hydrogens (tertiary/aromatic N) is 2. The molecular weight excluding hydrogens is 350 g/mol. The zero-order valence-electron chi connectivity index (χ0n) is 14.7. The van der Waals surface area contributed by atoms with Crippen molar-refractivity contribution in [1.82, 2.24) is 14.8 Å². The average molecular weight is 373 g/mol. The van der Waals surface area contributed by atoms with Gasteiger partial charge >= 0.3 is 5.97 Å². The molecule has 1 amide bonds. The number of hydrogen-bond donors (Lipinski definition) is 1. The summed E-state index contributed by atoms with van der Waals surface area (Å²) < 4.78 is 36.8. The lowest BCUT2D eigenvalue weighted by atomic mass is 10.2. The van der Waals surface area contributed by atoms with Gasteiger partial charge in [-0.05, 0) is 40.5 Å². The molecule has 1 saturated heterocycles. The summed E-state index contributed by atoms with van der Waals surface area (Å²) in [6.45, 7) is 6.37. The van der Waals surface area contributed by atoms with E-state index in [2.05, 4.69) is 10.5 Å². The Morgan fingerprint density at radius 1 is 1.40 bits per heavy atom. The van der Waals surface area contributed by atoms with Crippen LogP contribution in [0, 0.1) is 13.8 Å². The third-order valence-electron chi connectivity index (χ3n) is 3.81. The molecular formula is C15H23N3O6S. The van der Waals surface area contributed by atoms with Crippen LogP contribution in [0.2, 0.25) is 0 Å². The molecule has 0 aliphatic carbocycles. The van der Waals surface area contributed by atoms with Crippen molar-refractivity contribution < 1.29 is 27.3 Å². The van der Waals surface area contributed by atoms with Crippen molar-refractivity contribution in [2.24, 2.45) is 0 Å². The minimum absolute atomic E-state index is 0.0234. The van der Waals surface area contributed by atoms with Crippen LogP contribution in [0.1, 0.15) is 38.1 Å². The van der Waals surface area contributed by atoms with Crippen molar-refractivity contribution in [3.05, 3.63) is 11.5 Å². The van der Waals surface area contributed by atoms with Gasteiger partial charge in [0, 0.05) is 12.6 Å². The van der Waals surface area contributed by atoms with E-state index in [1.807, 2.05) is 0 Å². The maximum atomic E-state index is 12.9. The molecule has 1 aromatic heterocycles. The third kappa shape index (κ3) is 4.18. The number of ether oxygens (including phenoxy) is 1. The molecule has 0 saturated carbocycles. The van der Waals surface area contributed by atoms with Crippen LogP contribution < -0.4 is 5.32 Å². The molecule has 2 rings (SSSR count). The molecule has 0 spiro atoms. The summed E-state index contributed by atoms with van der Waals surface area (Å²) in [5.41, 5.74) is 0.243. The molecule has 2 heterocycles. The monoisotopic (exact) mass is 373 g/mol. The van der Waals surface area contributed by atoms with E-state index in [1.165, 1.54) is 13.8 Å². The summed E-state index contributed by atoms with van der Waals surface area (Å²) in [4.78, 5) is 23.8. The Balaban J connectivity index is 2.12. The minimum atomic E-state index is -3.93. The van der Waals surface area contributed by atoms with Gasteiger partial charge in [-0.3, -0.25) is 9.59 Å². The standard InChI is InChI=1S/C15H23N3O6S/c1-9(2)16-13(19)8-23-15(20)12-6-5-7-18(12)25(21,22)14-10(3)17-24-11(14)4/h9,12H,5-8H2,1-4H3,(H,16,19)/t12-/m0/s1. The SMILES string of the molecule is Cc1noc(C)c1S(=O)(=O)N1CCC[C@H]1C(=O)OCC(=O)NC(C)C. The summed E-state index contributed by atoms with van der Waals surface area (Å²) in [6.07, 6.45) is 0.869. The molecule has 25 heavy (non-hydrogen) atoms. The second-order valence-electron chi connectivity index (χ2n) is 6.26. The minimum Gasteiger partial charge on any atom is -0.454 e. The van der Waals surface area contributed by atoms with Crippen molar-refractivity contribution in [2.75, 3.05) is 13.2 Å². The Labute approximate surface area is 146 Å². The molecule has 1 N–H and O–H groups in total. The molecule has 0 aromatic carbocycles. The zero-order valence-corrected chi connectivity index (χ0v) is 15.6. The van der Waals surface area contributed by atoms with Gasteiger partial charge in [-0.25, -0.2) is 8.42 Å². The maximum Gasteiger partial charge on any atom is 0.324 e. The van der Waals surface area contributed by atoms with E-state index in [1.54, 1.807) is 13.8 Å². The van der Waals surface area contributed by atoms with Crippen LogP contribution in [0.5, 0.6) is 0 Å². The number of rotatable bonds is 6. The van der Waals surface area contributed by atoms with Gasteiger partial charge < -0.3 is 14.6 Å². The van der Waals surface area contributed by atoms with Gasteiger partial charge in [0.2, 0.25) is 10.0 Å². The van der Waals surface area contributed by atoms with E-state index in [9.17, 15) is 18.0 Å². The molecule has 1 atom stereocenters. The van der Waals surface area contributed by atoms with Crippen LogP contribution in [0.25, 0.3) is 0 Å².